The highest BCUT2D eigenvalue weighted by atomic mass is 16.5. The third-order valence-corrected chi connectivity index (χ3v) is 5.19. The average molecular weight is 391 g/mol. The van der Waals surface area contributed by atoms with Crippen LogP contribution in [0.15, 0.2) is 12.1 Å². The largest absolute Gasteiger partial charge is 0.508 e. The molecule has 0 aliphatic heterocycles. The monoisotopic (exact) mass is 390 g/mol. The number of esters is 1. The highest BCUT2D eigenvalue weighted by Crippen LogP contribution is 2.37. The Labute approximate surface area is 172 Å². The number of hydrogen-bond acceptors (Lipinski definition) is 3. The molecule has 3 heteroatoms. The van der Waals surface area contributed by atoms with Gasteiger partial charge in [-0.2, -0.15) is 0 Å². The van der Waals surface area contributed by atoms with Gasteiger partial charge in [-0.05, 0) is 52.5 Å². The summed E-state index contributed by atoms with van der Waals surface area (Å²) in [5.74, 6) is 0.172. The van der Waals surface area contributed by atoms with Gasteiger partial charge in [0, 0.05) is 6.42 Å². The number of unbranched alkanes of at least 4 members (excludes halogenated alkanes) is 5. The molecular weight excluding hydrogens is 348 g/mol. The summed E-state index contributed by atoms with van der Waals surface area (Å²) in [5, 5.41) is 10.3. The van der Waals surface area contributed by atoms with E-state index in [0.29, 0.717) is 25.2 Å². The Balaban J connectivity index is 2.73. The Morgan fingerprint density at radius 3 is 1.89 bits per heavy atom. The Morgan fingerprint density at radius 2 is 1.39 bits per heavy atom. The van der Waals surface area contributed by atoms with Crippen LogP contribution in [0.25, 0.3) is 0 Å². The van der Waals surface area contributed by atoms with E-state index in [9.17, 15) is 9.90 Å². The van der Waals surface area contributed by atoms with Crippen LogP contribution in [0, 0.1) is 0 Å². The first kappa shape index (κ1) is 24.5. The molecule has 0 bridgehead atoms. The molecule has 0 spiro atoms. The van der Waals surface area contributed by atoms with Crippen molar-refractivity contribution in [3.63, 3.8) is 0 Å². The Kier molecular flexibility index (Phi) is 9.53. The lowest BCUT2D eigenvalue weighted by molar-refractivity contribution is -0.143. The zero-order valence-corrected chi connectivity index (χ0v) is 19.3. The molecule has 1 aromatic carbocycles. The molecule has 0 aliphatic carbocycles. The van der Waals surface area contributed by atoms with Crippen molar-refractivity contribution in [3.8, 4) is 5.75 Å². The number of aromatic hydroxyl groups is 1. The van der Waals surface area contributed by atoms with Crippen LogP contribution in [0.5, 0.6) is 5.75 Å². The molecular formula is C25H42O3. The number of ether oxygens (including phenoxy) is 1. The number of benzene rings is 1. The third-order valence-electron chi connectivity index (χ3n) is 5.19. The van der Waals surface area contributed by atoms with Crippen LogP contribution in [-0.2, 0) is 26.8 Å². The molecule has 1 N–H and O–H groups in total. The van der Waals surface area contributed by atoms with Crippen molar-refractivity contribution in [2.24, 2.45) is 0 Å². The summed E-state index contributed by atoms with van der Waals surface area (Å²) in [4.78, 5) is 12.3. The number of carbonyl (C=O) groups excluding carboxylic acids is 1. The van der Waals surface area contributed by atoms with Crippen LogP contribution in [0.2, 0.25) is 0 Å². The van der Waals surface area contributed by atoms with Crippen molar-refractivity contribution in [1.29, 1.82) is 0 Å². The van der Waals surface area contributed by atoms with Gasteiger partial charge in [-0.25, -0.2) is 0 Å². The maximum absolute atomic E-state index is 12.3. The van der Waals surface area contributed by atoms with Crippen LogP contribution >= 0.6 is 0 Å². The zero-order valence-electron chi connectivity index (χ0n) is 19.3. The van der Waals surface area contributed by atoms with Gasteiger partial charge in [0.05, 0.1) is 6.61 Å². The topological polar surface area (TPSA) is 46.5 Å². The van der Waals surface area contributed by atoms with Crippen LogP contribution in [0.3, 0.4) is 0 Å². The minimum atomic E-state index is -0.124. The van der Waals surface area contributed by atoms with Crippen molar-refractivity contribution in [2.75, 3.05) is 6.61 Å². The summed E-state index contributed by atoms with van der Waals surface area (Å²) in [7, 11) is 0. The molecule has 1 aromatic rings. The second-order valence-corrected chi connectivity index (χ2v) is 10.0. The molecule has 0 radical (unpaired) electrons. The summed E-state index contributed by atoms with van der Waals surface area (Å²) in [6.07, 6.45) is 8.15. The second-order valence-electron chi connectivity index (χ2n) is 10.0. The van der Waals surface area contributed by atoms with E-state index in [0.717, 1.165) is 24.0 Å². The average Bonchev–Trinajstić information content (AvgIpc) is 2.57. The van der Waals surface area contributed by atoms with Crippen LogP contribution in [0.1, 0.15) is 110 Å². The SMILES string of the molecule is CCCCCCCCOC(=O)CCc1c(C(C)(C)C)cc(O)cc1C(C)(C)C. The predicted octanol–water partition coefficient (Wildman–Crippen LogP) is 6.82. The van der Waals surface area contributed by atoms with E-state index in [1.165, 1.54) is 31.2 Å². The van der Waals surface area contributed by atoms with Gasteiger partial charge in [-0.15, -0.1) is 0 Å². The molecule has 28 heavy (non-hydrogen) atoms. The summed E-state index contributed by atoms with van der Waals surface area (Å²) in [6, 6.07) is 3.71. The zero-order chi connectivity index (χ0) is 21.4. The molecule has 160 valence electrons. The predicted molar refractivity (Wildman–Crippen MR) is 118 cm³/mol. The molecule has 0 saturated heterocycles. The quantitative estimate of drug-likeness (QED) is 0.352. The molecule has 0 unspecified atom stereocenters. The molecule has 0 aliphatic rings. The van der Waals surface area contributed by atoms with E-state index in [4.69, 9.17) is 4.74 Å². The lowest BCUT2D eigenvalue weighted by atomic mass is 9.75. The summed E-state index contributed by atoms with van der Waals surface area (Å²) in [6.45, 7) is 15.6. The highest BCUT2D eigenvalue weighted by molar-refractivity contribution is 5.70. The van der Waals surface area contributed by atoms with Crippen LogP contribution in [-0.4, -0.2) is 17.7 Å². The van der Waals surface area contributed by atoms with Crippen molar-refractivity contribution in [2.45, 2.75) is 111 Å². The smallest absolute Gasteiger partial charge is 0.306 e. The van der Waals surface area contributed by atoms with E-state index in [2.05, 4.69) is 48.5 Å². The van der Waals surface area contributed by atoms with E-state index >= 15 is 0 Å². The van der Waals surface area contributed by atoms with Gasteiger partial charge < -0.3 is 9.84 Å². The van der Waals surface area contributed by atoms with Crippen LogP contribution in [0.4, 0.5) is 0 Å². The molecule has 0 aromatic heterocycles. The molecule has 0 saturated carbocycles. The van der Waals surface area contributed by atoms with Gasteiger partial charge >= 0.3 is 5.97 Å². The Morgan fingerprint density at radius 1 is 0.893 bits per heavy atom. The minimum Gasteiger partial charge on any atom is -0.508 e. The fourth-order valence-corrected chi connectivity index (χ4v) is 3.63. The first-order valence-electron chi connectivity index (χ1n) is 11.0. The summed E-state index contributed by atoms with van der Waals surface area (Å²) in [5.41, 5.74) is 3.20. The Hall–Kier alpha value is -1.51. The first-order valence-corrected chi connectivity index (χ1v) is 11.0. The van der Waals surface area contributed by atoms with E-state index in [-0.39, 0.29) is 16.8 Å². The number of rotatable bonds is 10. The Bertz CT molecular complexity index is 583. The fraction of sp³-hybridized carbons (Fsp3) is 0.720. The third kappa shape index (κ3) is 8.24. The van der Waals surface area contributed by atoms with Gasteiger partial charge in [-0.3, -0.25) is 4.79 Å². The highest BCUT2D eigenvalue weighted by Gasteiger charge is 2.26. The van der Waals surface area contributed by atoms with E-state index < -0.39 is 0 Å². The minimum absolute atomic E-state index is 0.101. The number of carbonyl (C=O) groups is 1. The van der Waals surface area contributed by atoms with Crippen molar-refractivity contribution < 1.29 is 14.6 Å². The summed E-state index contributed by atoms with van der Waals surface area (Å²) >= 11 is 0. The van der Waals surface area contributed by atoms with Crippen LogP contribution < -0.4 is 0 Å². The van der Waals surface area contributed by atoms with Gasteiger partial charge in [0.15, 0.2) is 0 Å². The van der Waals surface area contributed by atoms with Gasteiger partial charge in [0.25, 0.3) is 0 Å². The van der Waals surface area contributed by atoms with E-state index in [1.54, 1.807) is 0 Å². The molecule has 0 amide bonds. The number of phenolic OH excluding ortho intramolecular Hbond substituents is 1. The van der Waals surface area contributed by atoms with Crippen molar-refractivity contribution >= 4 is 5.97 Å². The molecule has 0 heterocycles. The molecule has 0 atom stereocenters. The van der Waals surface area contributed by atoms with E-state index in [1.807, 2.05) is 12.1 Å². The first-order chi connectivity index (χ1) is 13.0. The molecule has 3 nitrogen and oxygen atoms in total. The van der Waals surface area contributed by atoms with Gasteiger partial charge in [0.1, 0.15) is 5.75 Å². The maximum atomic E-state index is 12.3. The van der Waals surface area contributed by atoms with Crippen molar-refractivity contribution in [3.05, 3.63) is 28.8 Å². The fourth-order valence-electron chi connectivity index (χ4n) is 3.63. The standard InChI is InChI=1S/C25H42O3/c1-8-9-10-11-12-13-16-28-23(27)15-14-20-21(24(2,3)4)17-19(26)18-22(20)25(5,6)7/h17-18,26H,8-16H2,1-7H3. The van der Waals surface area contributed by atoms with Gasteiger partial charge in [0.2, 0.25) is 0 Å². The second kappa shape index (κ2) is 10.9. The lowest BCUT2D eigenvalue weighted by Crippen LogP contribution is -2.22. The molecule has 0 fully saturated rings. The maximum Gasteiger partial charge on any atom is 0.306 e. The van der Waals surface area contributed by atoms with Crippen molar-refractivity contribution in [1.82, 2.24) is 0 Å². The lowest BCUT2D eigenvalue weighted by Gasteiger charge is -2.30. The number of hydrogen-bond donors (Lipinski definition) is 1. The normalized spacial score (nSPS) is 12.2. The molecule has 1 rings (SSSR count). The number of phenols is 1. The van der Waals surface area contributed by atoms with Gasteiger partial charge in [-0.1, -0.05) is 80.6 Å². The summed E-state index contributed by atoms with van der Waals surface area (Å²) < 4.78 is 5.46.